The molecule has 2 aromatic rings. The highest BCUT2D eigenvalue weighted by Crippen LogP contribution is 2.36. The molecular weight excluding hydrogens is 310 g/mol. The number of anilines is 1. The van der Waals surface area contributed by atoms with Gasteiger partial charge in [-0.05, 0) is 31.2 Å². The molecule has 0 radical (unpaired) electrons. The minimum absolute atomic E-state index is 1.01. The molecule has 0 bridgehead atoms. The van der Waals surface area contributed by atoms with Crippen molar-refractivity contribution in [2.75, 3.05) is 17.7 Å². The first-order chi connectivity index (χ1) is 10.6. The molecule has 3 nitrogen and oxygen atoms in total. The molecule has 5 heteroatoms. The van der Waals surface area contributed by atoms with E-state index in [-0.39, 0.29) is 0 Å². The molecule has 2 rings (SSSR count). The first-order valence-corrected chi connectivity index (χ1v) is 9.37. The van der Waals surface area contributed by atoms with Crippen LogP contribution in [0.4, 0.5) is 5.00 Å². The molecule has 0 fully saturated rings. The molecule has 0 saturated heterocycles. The summed E-state index contributed by atoms with van der Waals surface area (Å²) in [7, 11) is 2.07. The number of hydrogen-bond acceptors (Lipinski definition) is 5. The maximum Gasteiger partial charge on any atom is 0.127 e. The Morgan fingerprint density at radius 2 is 2.23 bits per heavy atom. The lowest BCUT2D eigenvalue weighted by atomic mass is 10.3. The van der Waals surface area contributed by atoms with Crippen molar-refractivity contribution in [1.82, 2.24) is 9.97 Å². The largest absolute Gasteiger partial charge is 0.330 e. The van der Waals surface area contributed by atoms with Crippen molar-refractivity contribution in [3.8, 4) is 10.6 Å². The summed E-state index contributed by atoms with van der Waals surface area (Å²) in [4.78, 5) is 11.0. The van der Waals surface area contributed by atoms with E-state index in [1.807, 2.05) is 30.1 Å². The molecule has 0 aliphatic carbocycles. The molecule has 2 aromatic heterocycles. The summed E-state index contributed by atoms with van der Waals surface area (Å²) < 4.78 is 0. The topological polar surface area (TPSA) is 29.0 Å². The predicted molar refractivity (Wildman–Crippen MR) is 99.6 cm³/mol. The van der Waals surface area contributed by atoms with Crippen LogP contribution in [0, 0.1) is 6.92 Å². The van der Waals surface area contributed by atoms with Crippen LogP contribution in [0.3, 0.4) is 0 Å². The van der Waals surface area contributed by atoms with Gasteiger partial charge < -0.3 is 4.90 Å². The van der Waals surface area contributed by atoms with E-state index >= 15 is 0 Å². The number of pyridine rings is 1. The Hall–Kier alpha value is -1.33. The Morgan fingerprint density at radius 1 is 1.41 bits per heavy atom. The summed E-state index contributed by atoms with van der Waals surface area (Å²) in [5, 5.41) is 3.25. The van der Waals surface area contributed by atoms with Crippen LogP contribution in [0.2, 0.25) is 0 Å². The van der Waals surface area contributed by atoms with Gasteiger partial charge in [0, 0.05) is 25.0 Å². The highest BCUT2D eigenvalue weighted by Gasteiger charge is 2.15. The lowest BCUT2D eigenvalue weighted by Crippen LogP contribution is -2.13. The van der Waals surface area contributed by atoms with Crippen molar-refractivity contribution in [2.24, 2.45) is 0 Å². The molecule has 118 valence electrons. The minimum atomic E-state index is 1.01. The van der Waals surface area contributed by atoms with Gasteiger partial charge >= 0.3 is 0 Å². The van der Waals surface area contributed by atoms with Gasteiger partial charge in [0.25, 0.3) is 0 Å². The normalized spacial score (nSPS) is 10.7. The van der Waals surface area contributed by atoms with E-state index in [2.05, 4.69) is 42.3 Å². The fraction of sp³-hybridized carbons (Fsp3) is 0.412. The van der Waals surface area contributed by atoms with Gasteiger partial charge in [0.1, 0.15) is 10.0 Å². The van der Waals surface area contributed by atoms with Gasteiger partial charge in [-0.3, -0.25) is 4.98 Å². The van der Waals surface area contributed by atoms with Crippen LogP contribution < -0.4 is 4.90 Å². The van der Waals surface area contributed by atoms with Gasteiger partial charge in [-0.15, -0.1) is 11.8 Å². The van der Waals surface area contributed by atoms with Gasteiger partial charge in [-0.2, -0.15) is 0 Å². The molecular formula is C17H23N3S2. The van der Waals surface area contributed by atoms with Gasteiger partial charge in [0.2, 0.25) is 0 Å². The van der Waals surface area contributed by atoms with E-state index in [0.717, 1.165) is 32.0 Å². The second kappa shape index (κ2) is 8.34. The first-order valence-electron chi connectivity index (χ1n) is 7.56. The third-order valence-electron chi connectivity index (χ3n) is 3.38. The molecule has 2 heterocycles. The molecule has 0 aromatic carbocycles. The number of aryl methyl sites for hydroxylation is 1. The molecule has 0 aliphatic rings. The van der Waals surface area contributed by atoms with Crippen molar-refractivity contribution in [2.45, 2.75) is 33.1 Å². The van der Waals surface area contributed by atoms with Crippen molar-refractivity contribution in [3.63, 3.8) is 0 Å². The summed E-state index contributed by atoms with van der Waals surface area (Å²) in [6, 6.07) is 3.99. The van der Waals surface area contributed by atoms with E-state index in [9.17, 15) is 0 Å². The summed E-state index contributed by atoms with van der Waals surface area (Å²) in [5.74, 6) is 1.13. The second-order valence-electron chi connectivity index (χ2n) is 5.16. The van der Waals surface area contributed by atoms with Crippen LogP contribution in [0.1, 0.15) is 31.9 Å². The van der Waals surface area contributed by atoms with Crippen LogP contribution in [-0.4, -0.2) is 22.8 Å². The summed E-state index contributed by atoms with van der Waals surface area (Å²) in [6.45, 7) is 8.49. The maximum atomic E-state index is 4.68. The third-order valence-corrected chi connectivity index (χ3v) is 5.76. The SMILES string of the molecule is C=C(SCCCCC)N(C)c1sc(-c2cccnc2)nc1C. The average Bonchev–Trinajstić information content (AvgIpc) is 2.93. The lowest BCUT2D eigenvalue weighted by molar-refractivity contribution is 0.779. The Bertz CT molecular complexity index is 608. The number of thiazole rings is 1. The van der Waals surface area contributed by atoms with Crippen LogP contribution in [0.25, 0.3) is 10.6 Å². The summed E-state index contributed by atoms with van der Waals surface area (Å²) >= 11 is 3.52. The Kier molecular flexibility index (Phi) is 6.46. The fourth-order valence-corrected chi connectivity index (χ4v) is 4.04. The maximum absolute atomic E-state index is 4.68. The van der Waals surface area contributed by atoms with Crippen molar-refractivity contribution in [1.29, 1.82) is 0 Å². The smallest absolute Gasteiger partial charge is 0.127 e. The molecule has 0 unspecified atom stereocenters. The van der Waals surface area contributed by atoms with Gasteiger partial charge in [-0.25, -0.2) is 4.98 Å². The standard InChI is InChI=1S/C17H23N3S2/c1-5-6-7-11-21-14(3)20(4)17-13(2)19-16(22-17)15-9-8-10-18-12-15/h8-10,12H,3,5-7,11H2,1-2,4H3. The third kappa shape index (κ3) is 4.34. The highest BCUT2D eigenvalue weighted by atomic mass is 32.2. The molecule has 0 N–H and O–H groups in total. The second-order valence-corrected chi connectivity index (χ2v) is 7.31. The van der Waals surface area contributed by atoms with Crippen LogP contribution in [0.5, 0.6) is 0 Å². The Morgan fingerprint density at radius 3 is 2.91 bits per heavy atom. The fourth-order valence-electron chi connectivity index (χ4n) is 2.06. The average molecular weight is 334 g/mol. The van der Waals surface area contributed by atoms with E-state index in [1.54, 1.807) is 17.5 Å². The lowest BCUT2D eigenvalue weighted by Gasteiger charge is -2.19. The highest BCUT2D eigenvalue weighted by molar-refractivity contribution is 8.03. The summed E-state index contributed by atoms with van der Waals surface area (Å²) in [6.07, 6.45) is 7.43. The number of unbranched alkanes of at least 4 members (excludes halogenated alkanes) is 2. The quantitative estimate of drug-likeness (QED) is 0.609. The molecule has 0 saturated carbocycles. The molecule has 0 atom stereocenters. The number of rotatable bonds is 8. The zero-order valence-electron chi connectivity index (χ0n) is 13.5. The van der Waals surface area contributed by atoms with Gasteiger partial charge in [0.05, 0.1) is 10.7 Å². The molecule has 22 heavy (non-hydrogen) atoms. The monoisotopic (exact) mass is 333 g/mol. The number of nitrogens with zero attached hydrogens (tertiary/aromatic N) is 3. The first kappa shape index (κ1) is 17.0. The van der Waals surface area contributed by atoms with Crippen LogP contribution in [0.15, 0.2) is 36.1 Å². The molecule has 0 amide bonds. The van der Waals surface area contributed by atoms with E-state index in [0.29, 0.717) is 0 Å². The number of hydrogen-bond donors (Lipinski definition) is 0. The van der Waals surface area contributed by atoms with E-state index < -0.39 is 0 Å². The van der Waals surface area contributed by atoms with Crippen molar-refractivity contribution in [3.05, 3.63) is 41.8 Å². The predicted octanol–water partition coefficient (Wildman–Crippen LogP) is 5.34. The van der Waals surface area contributed by atoms with Crippen LogP contribution in [-0.2, 0) is 0 Å². The van der Waals surface area contributed by atoms with Gasteiger partial charge in [-0.1, -0.05) is 37.7 Å². The van der Waals surface area contributed by atoms with Crippen molar-refractivity contribution < 1.29 is 0 Å². The van der Waals surface area contributed by atoms with Crippen LogP contribution >= 0.6 is 23.1 Å². The van der Waals surface area contributed by atoms with Gasteiger partial charge in [0.15, 0.2) is 0 Å². The zero-order valence-corrected chi connectivity index (χ0v) is 15.1. The Balaban J connectivity index is 2.05. The summed E-state index contributed by atoms with van der Waals surface area (Å²) in [5.41, 5.74) is 2.11. The van der Waals surface area contributed by atoms with E-state index in [4.69, 9.17) is 0 Å². The minimum Gasteiger partial charge on any atom is -0.330 e. The number of aromatic nitrogens is 2. The zero-order chi connectivity index (χ0) is 15.9. The number of thioether (sulfide) groups is 1. The van der Waals surface area contributed by atoms with Crippen molar-refractivity contribution >= 4 is 28.1 Å². The van der Waals surface area contributed by atoms with E-state index in [1.165, 1.54) is 19.3 Å². The molecule has 0 aliphatic heterocycles. The Labute approximate surface area is 141 Å². The molecule has 0 spiro atoms.